The summed E-state index contributed by atoms with van der Waals surface area (Å²) < 4.78 is 14.3. The molecule has 0 unspecified atom stereocenters. The van der Waals surface area contributed by atoms with E-state index in [1.807, 2.05) is 20.8 Å². The van der Waals surface area contributed by atoms with E-state index in [0.717, 1.165) is 26.9 Å². The molecule has 0 spiro atoms. The normalized spacial score (nSPS) is 10.8. The Bertz CT molecular complexity index is 749. The lowest BCUT2D eigenvalue weighted by Gasteiger charge is -2.14. The average molecular weight is 295 g/mol. The lowest BCUT2D eigenvalue weighted by Crippen LogP contribution is -2.25. The predicted octanol–water partition coefficient (Wildman–Crippen LogP) is 0.915. The molecule has 0 saturated carbocycles. The number of hydrogen-bond donors (Lipinski definition) is 1. The maximum atomic E-state index is 12.6. The van der Waals surface area contributed by atoms with Gasteiger partial charge in [0, 0.05) is 5.56 Å². The Morgan fingerprint density at radius 3 is 2.50 bits per heavy atom. The standard InChI is InChI=1S/C12H14FN5OS/c1-6-4-9(11(14)20)7(2)8(3)10(6)18-12(19)17(5-13)15-16-18/h4H,5H2,1-3H3,(H2,14,20). The van der Waals surface area contributed by atoms with E-state index in [2.05, 4.69) is 10.4 Å². The molecule has 1 heterocycles. The molecule has 0 amide bonds. The summed E-state index contributed by atoms with van der Waals surface area (Å²) in [5.41, 5.74) is 8.82. The number of alkyl halides is 1. The lowest BCUT2D eigenvalue weighted by molar-refractivity contribution is 0.336. The van der Waals surface area contributed by atoms with Gasteiger partial charge in [0.05, 0.1) is 5.69 Å². The molecule has 0 aliphatic heterocycles. The molecule has 2 aromatic rings. The Labute approximate surface area is 120 Å². The molecule has 0 fully saturated rings. The van der Waals surface area contributed by atoms with Crippen molar-refractivity contribution in [1.82, 2.24) is 19.8 Å². The largest absolute Gasteiger partial charge is 0.389 e. The zero-order valence-corrected chi connectivity index (χ0v) is 12.2. The zero-order valence-electron chi connectivity index (χ0n) is 11.3. The van der Waals surface area contributed by atoms with E-state index in [1.54, 1.807) is 6.07 Å². The highest BCUT2D eigenvalue weighted by atomic mass is 32.1. The van der Waals surface area contributed by atoms with Crippen LogP contribution in [-0.4, -0.2) is 24.8 Å². The molecule has 1 aromatic heterocycles. The number of nitrogens with zero attached hydrogens (tertiary/aromatic N) is 4. The summed E-state index contributed by atoms with van der Waals surface area (Å²) in [4.78, 5) is 12.2. The summed E-state index contributed by atoms with van der Waals surface area (Å²) in [6.07, 6.45) is 0. The van der Waals surface area contributed by atoms with Crippen LogP contribution in [0.15, 0.2) is 10.9 Å². The van der Waals surface area contributed by atoms with Gasteiger partial charge in [-0.25, -0.2) is 9.18 Å². The Morgan fingerprint density at radius 1 is 1.35 bits per heavy atom. The molecule has 0 bridgehead atoms. The van der Waals surface area contributed by atoms with Crippen LogP contribution in [0.5, 0.6) is 0 Å². The van der Waals surface area contributed by atoms with E-state index in [-0.39, 0.29) is 0 Å². The molecule has 2 rings (SSSR count). The van der Waals surface area contributed by atoms with Gasteiger partial charge in [0.1, 0.15) is 4.99 Å². The first-order valence-electron chi connectivity index (χ1n) is 5.88. The monoisotopic (exact) mass is 295 g/mol. The van der Waals surface area contributed by atoms with Crippen molar-refractivity contribution in [3.8, 4) is 5.69 Å². The smallest absolute Gasteiger partial charge is 0.370 e. The molecule has 0 aliphatic carbocycles. The number of aromatic nitrogens is 4. The second kappa shape index (κ2) is 5.12. The molecule has 1 aromatic carbocycles. The number of aryl methyl sites for hydroxylation is 1. The van der Waals surface area contributed by atoms with Gasteiger partial charge in [-0.3, -0.25) is 0 Å². The Balaban J connectivity index is 2.76. The van der Waals surface area contributed by atoms with Gasteiger partial charge in [-0.15, -0.1) is 0 Å². The number of nitrogens with two attached hydrogens (primary N) is 1. The van der Waals surface area contributed by atoms with Crippen molar-refractivity contribution in [1.29, 1.82) is 0 Å². The van der Waals surface area contributed by atoms with E-state index in [9.17, 15) is 9.18 Å². The number of hydrogen-bond acceptors (Lipinski definition) is 4. The van der Waals surface area contributed by atoms with Crippen molar-refractivity contribution >= 4 is 17.2 Å². The summed E-state index contributed by atoms with van der Waals surface area (Å²) in [5.74, 6) is 0. The summed E-state index contributed by atoms with van der Waals surface area (Å²) in [6, 6.07) is 1.79. The quantitative estimate of drug-likeness (QED) is 0.852. The molecule has 6 nitrogen and oxygen atoms in total. The van der Waals surface area contributed by atoms with E-state index in [0.29, 0.717) is 15.4 Å². The Morgan fingerprint density at radius 2 is 2.00 bits per heavy atom. The zero-order chi connectivity index (χ0) is 15.0. The summed E-state index contributed by atoms with van der Waals surface area (Å²) in [5, 5.41) is 7.18. The number of halogens is 1. The van der Waals surface area contributed by atoms with Crippen molar-refractivity contribution in [2.75, 3.05) is 0 Å². The van der Waals surface area contributed by atoms with Crippen LogP contribution in [-0.2, 0) is 6.80 Å². The number of thiocarbonyl (C=S) groups is 1. The minimum Gasteiger partial charge on any atom is -0.389 e. The predicted molar refractivity (Wildman–Crippen MR) is 76.8 cm³/mol. The SMILES string of the molecule is Cc1cc(C(N)=S)c(C)c(C)c1-n1nnn(CF)c1=O. The van der Waals surface area contributed by atoms with Crippen LogP contribution in [0, 0.1) is 20.8 Å². The van der Waals surface area contributed by atoms with Gasteiger partial charge in [-0.05, 0) is 54.0 Å². The fourth-order valence-corrected chi connectivity index (χ4v) is 2.35. The van der Waals surface area contributed by atoms with Crippen molar-refractivity contribution < 1.29 is 4.39 Å². The van der Waals surface area contributed by atoms with Crippen molar-refractivity contribution in [2.45, 2.75) is 27.6 Å². The molecule has 0 radical (unpaired) electrons. The first-order valence-corrected chi connectivity index (χ1v) is 6.29. The van der Waals surface area contributed by atoms with E-state index in [4.69, 9.17) is 18.0 Å². The molecule has 0 aliphatic rings. The van der Waals surface area contributed by atoms with Gasteiger partial charge in [0.15, 0.2) is 6.80 Å². The first kappa shape index (κ1) is 14.3. The van der Waals surface area contributed by atoms with E-state index < -0.39 is 12.5 Å². The summed E-state index contributed by atoms with van der Waals surface area (Å²) >= 11 is 5.01. The third-order valence-corrected chi connectivity index (χ3v) is 3.51. The number of benzene rings is 1. The Hall–Kier alpha value is -2.09. The van der Waals surface area contributed by atoms with Gasteiger partial charge < -0.3 is 5.73 Å². The highest BCUT2D eigenvalue weighted by Gasteiger charge is 2.17. The number of tetrazole rings is 1. The molecular weight excluding hydrogens is 281 g/mol. The molecule has 8 heteroatoms. The van der Waals surface area contributed by atoms with Crippen LogP contribution in [0.2, 0.25) is 0 Å². The lowest BCUT2D eigenvalue weighted by atomic mass is 9.97. The topological polar surface area (TPSA) is 78.7 Å². The molecule has 0 atom stereocenters. The third kappa shape index (κ3) is 2.11. The van der Waals surface area contributed by atoms with Crippen LogP contribution in [0.1, 0.15) is 22.3 Å². The number of rotatable bonds is 3. The van der Waals surface area contributed by atoms with Crippen LogP contribution in [0.25, 0.3) is 5.69 Å². The summed E-state index contributed by atoms with van der Waals surface area (Å²) in [7, 11) is 0. The van der Waals surface area contributed by atoms with Crippen LogP contribution >= 0.6 is 12.2 Å². The fraction of sp³-hybridized carbons (Fsp3) is 0.333. The van der Waals surface area contributed by atoms with Crippen LogP contribution < -0.4 is 11.4 Å². The van der Waals surface area contributed by atoms with E-state index >= 15 is 0 Å². The highest BCUT2D eigenvalue weighted by molar-refractivity contribution is 7.80. The van der Waals surface area contributed by atoms with Crippen LogP contribution in [0.4, 0.5) is 4.39 Å². The van der Waals surface area contributed by atoms with Gasteiger partial charge in [-0.1, -0.05) is 12.2 Å². The fourth-order valence-electron chi connectivity index (χ4n) is 2.14. The Kier molecular flexibility index (Phi) is 3.67. The minimum atomic E-state index is -1.01. The molecular formula is C12H14FN5OS. The van der Waals surface area contributed by atoms with Gasteiger partial charge in [0.2, 0.25) is 0 Å². The van der Waals surface area contributed by atoms with Crippen molar-refractivity contribution in [2.24, 2.45) is 5.73 Å². The van der Waals surface area contributed by atoms with Gasteiger partial charge in [0.25, 0.3) is 0 Å². The maximum absolute atomic E-state index is 12.6. The molecule has 20 heavy (non-hydrogen) atoms. The first-order chi connectivity index (χ1) is 9.38. The average Bonchev–Trinajstić information content (AvgIpc) is 2.75. The second-order valence-electron chi connectivity index (χ2n) is 4.50. The van der Waals surface area contributed by atoms with Gasteiger partial charge >= 0.3 is 5.69 Å². The van der Waals surface area contributed by atoms with Crippen LogP contribution in [0.3, 0.4) is 0 Å². The van der Waals surface area contributed by atoms with Crippen molar-refractivity contribution in [3.05, 3.63) is 38.8 Å². The summed E-state index contributed by atoms with van der Waals surface area (Å²) in [6.45, 7) is 4.49. The van der Waals surface area contributed by atoms with Gasteiger partial charge in [-0.2, -0.15) is 9.36 Å². The highest BCUT2D eigenvalue weighted by Crippen LogP contribution is 2.24. The molecule has 0 saturated heterocycles. The van der Waals surface area contributed by atoms with E-state index in [1.165, 1.54) is 0 Å². The minimum absolute atomic E-state index is 0.292. The van der Waals surface area contributed by atoms with Crippen molar-refractivity contribution in [3.63, 3.8) is 0 Å². The third-order valence-electron chi connectivity index (χ3n) is 3.29. The second-order valence-corrected chi connectivity index (χ2v) is 4.94. The maximum Gasteiger partial charge on any atom is 0.370 e. The molecule has 106 valence electrons. The molecule has 2 N–H and O–H groups in total.